The Kier molecular flexibility index (Phi) is 5.44. The Hall–Kier alpha value is -3.40. The van der Waals surface area contributed by atoms with Crippen LogP contribution in [0.3, 0.4) is 0 Å². The van der Waals surface area contributed by atoms with Gasteiger partial charge in [0.1, 0.15) is 0 Å². The molecule has 0 radical (unpaired) electrons. The van der Waals surface area contributed by atoms with Crippen LogP contribution in [-0.2, 0) is 0 Å². The smallest absolute Gasteiger partial charge is 0.195 e. The molecule has 1 N–H and O–H groups in total. The Morgan fingerprint density at radius 1 is 1.00 bits per heavy atom. The van der Waals surface area contributed by atoms with Crippen LogP contribution in [0.25, 0.3) is 0 Å². The van der Waals surface area contributed by atoms with Crippen LogP contribution in [-0.4, -0.2) is 23.7 Å². The quantitative estimate of drug-likeness (QED) is 0.517. The lowest BCUT2D eigenvalue weighted by molar-refractivity contribution is 0.103. The lowest BCUT2D eigenvalue weighted by Gasteiger charge is -2.08. The summed E-state index contributed by atoms with van der Waals surface area (Å²) >= 11 is 0. The summed E-state index contributed by atoms with van der Waals surface area (Å²) in [5.41, 5.74) is 2.19. The summed E-state index contributed by atoms with van der Waals surface area (Å²) < 4.78 is 5.38. The maximum absolute atomic E-state index is 12.7. The molecule has 3 aromatic rings. The number of hydrogen-bond donors (Lipinski definition) is 1. The van der Waals surface area contributed by atoms with Gasteiger partial charge in [-0.2, -0.15) is 0 Å². The number of ketones is 1. The first kappa shape index (κ1) is 17.4. The molecule has 3 aromatic carbocycles. The molecule has 0 bridgehead atoms. The predicted molar refractivity (Wildman–Crippen MR) is 103 cm³/mol. The summed E-state index contributed by atoms with van der Waals surface area (Å²) in [6.45, 7) is 2.31. The van der Waals surface area contributed by atoms with Gasteiger partial charge in [0.25, 0.3) is 0 Å². The lowest BCUT2D eigenvalue weighted by Crippen LogP contribution is -2.01. The van der Waals surface area contributed by atoms with Crippen molar-refractivity contribution in [1.82, 2.24) is 0 Å². The summed E-state index contributed by atoms with van der Waals surface area (Å²) in [5.74, 6) is 0.348. The number of rotatable bonds is 6. The number of carbonyl (C=O) groups excluding carboxylic acids is 1. The number of carbonyl (C=O) groups is 1. The third kappa shape index (κ3) is 3.81. The molecule has 0 aliphatic heterocycles. The molecule has 0 fully saturated rings. The van der Waals surface area contributed by atoms with Crippen LogP contribution in [0.1, 0.15) is 28.4 Å². The van der Waals surface area contributed by atoms with Gasteiger partial charge in [-0.3, -0.25) is 9.79 Å². The van der Waals surface area contributed by atoms with Crippen LogP contribution in [0.2, 0.25) is 0 Å². The van der Waals surface area contributed by atoms with Crippen LogP contribution in [0.5, 0.6) is 11.5 Å². The number of hydrogen-bond acceptors (Lipinski definition) is 4. The zero-order valence-electron chi connectivity index (χ0n) is 14.4. The molecular formula is C22H19NO3. The van der Waals surface area contributed by atoms with E-state index in [0.29, 0.717) is 34.7 Å². The van der Waals surface area contributed by atoms with Gasteiger partial charge < -0.3 is 9.84 Å². The number of phenolic OH excluding ortho intramolecular Hbond substituents is 1. The van der Waals surface area contributed by atoms with Crippen molar-refractivity contribution in [2.24, 2.45) is 4.99 Å². The highest BCUT2D eigenvalue weighted by molar-refractivity contribution is 6.12. The van der Waals surface area contributed by atoms with Gasteiger partial charge in [-0.25, -0.2) is 0 Å². The van der Waals surface area contributed by atoms with Crippen LogP contribution >= 0.6 is 0 Å². The van der Waals surface area contributed by atoms with E-state index >= 15 is 0 Å². The minimum atomic E-state index is -0.0920. The first-order chi connectivity index (χ1) is 12.7. The van der Waals surface area contributed by atoms with E-state index in [1.165, 1.54) is 6.21 Å². The zero-order valence-corrected chi connectivity index (χ0v) is 14.4. The van der Waals surface area contributed by atoms with E-state index < -0.39 is 0 Å². The molecule has 0 amide bonds. The SMILES string of the molecule is CCOc1cccc(C=Nc2ccccc2C(=O)c2ccccc2)c1O. The lowest BCUT2D eigenvalue weighted by atomic mass is 10.0. The highest BCUT2D eigenvalue weighted by Crippen LogP contribution is 2.29. The van der Waals surface area contributed by atoms with Gasteiger partial charge in [0.05, 0.1) is 12.3 Å². The normalized spacial score (nSPS) is 10.8. The zero-order chi connectivity index (χ0) is 18.4. The molecule has 3 rings (SSSR count). The van der Waals surface area contributed by atoms with Gasteiger partial charge >= 0.3 is 0 Å². The van der Waals surface area contributed by atoms with Gasteiger partial charge in [0.2, 0.25) is 0 Å². The number of nitrogens with zero attached hydrogens (tertiary/aromatic N) is 1. The summed E-state index contributed by atoms with van der Waals surface area (Å²) in [6.07, 6.45) is 1.54. The van der Waals surface area contributed by atoms with E-state index in [2.05, 4.69) is 4.99 Å². The fraction of sp³-hybridized carbons (Fsp3) is 0.0909. The number of aromatic hydroxyl groups is 1. The molecule has 0 saturated carbocycles. The van der Waals surface area contributed by atoms with Crippen LogP contribution in [0, 0.1) is 0 Å². The van der Waals surface area contributed by atoms with Crippen molar-refractivity contribution in [3.05, 3.63) is 89.5 Å². The number of para-hydroxylation sites is 2. The number of ether oxygens (including phenoxy) is 1. The summed E-state index contributed by atoms with van der Waals surface area (Å²) in [7, 11) is 0. The second kappa shape index (κ2) is 8.12. The van der Waals surface area contributed by atoms with Crippen molar-refractivity contribution in [2.45, 2.75) is 6.92 Å². The Balaban J connectivity index is 1.93. The molecule has 4 nitrogen and oxygen atoms in total. The average Bonchev–Trinajstić information content (AvgIpc) is 2.69. The maximum atomic E-state index is 12.7. The Morgan fingerprint density at radius 3 is 2.50 bits per heavy atom. The molecule has 0 aliphatic carbocycles. The summed E-state index contributed by atoms with van der Waals surface area (Å²) in [4.78, 5) is 17.2. The predicted octanol–water partition coefficient (Wildman–Crippen LogP) is 4.77. The van der Waals surface area contributed by atoms with Crippen molar-refractivity contribution in [3.8, 4) is 11.5 Å². The standard InChI is InChI=1S/C22H19NO3/c1-2-26-20-14-8-11-17(22(20)25)15-23-19-13-7-6-12-18(19)21(24)16-9-4-3-5-10-16/h3-15,25H,2H2,1H3. The van der Waals surface area contributed by atoms with E-state index in [1.807, 2.05) is 37.3 Å². The van der Waals surface area contributed by atoms with Crippen LogP contribution in [0.4, 0.5) is 5.69 Å². The molecule has 0 atom stereocenters. The average molecular weight is 345 g/mol. The third-order valence-electron chi connectivity index (χ3n) is 3.86. The van der Waals surface area contributed by atoms with Gasteiger partial charge in [0.15, 0.2) is 17.3 Å². The molecule has 0 unspecified atom stereocenters. The molecule has 0 saturated heterocycles. The van der Waals surface area contributed by atoms with Crippen molar-refractivity contribution < 1.29 is 14.6 Å². The summed E-state index contributed by atoms with van der Waals surface area (Å²) in [6, 6.07) is 21.5. The summed E-state index contributed by atoms with van der Waals surface area (Å²) in [5, 5.41) is 10.3. The maximum Gasteiger partial charge on any atom is 0.195 e. The second-order valence-corrected chi connectivity index (χ2v) is 5.60. The topological polar surface area (TPSA) is 58.9 Å². The highest BCUT2D eigenvalue weighted by atomic mass is 16.5. The molecule has 4 heteroatoms. The molecule has 130 valence electrons. The number of benzene rings is 3. The molecule has 0 aliphatic rings. The molecule has 0 spiro atoms. The van der Waals surface area contributed by atoms with E-state index in [9.17, 15) is 9.90 Å². The monoisotopic (exact) mass is 345 g/mol. The van der Waals surface area contributed by atoms with E-state index in [-0.39, 0.29) is 11.5 Å². The van der Waals surface area contributed by atoms with E-state index in [4.69, 9.17) is 4.74 Å². The molecular weight excluding hydrogens is 326 g/mol. The third-order valence-corrected chi connectivity index (χ3v) is 3.86. The van der Waals surface area contributed by atoms with E-state index in [1.54, 1.807) is 42.5 Å². The van der Waals surface area contributed by atoms with Gasteiger partial charge in [-0.1, -0.05) is 48.5 Å². The number of phenols is 1. The number of aliphatic imine (C=N–C) groups is 1. The first-order valence-electron chi connectivity index (χ1n) is 8.38. The molecule has 0 aromatic heterocycles. The fourth-order valence-corrected chi connectivity index (χ4v) is 2.58. The molecule has 26 heavy (non-hydrogen) atoms. The van der Waals surface area contributed by atoms with Crippen molar-refractivity contribution in [1.29, 1.82) is 0 Å². The highest BCUT2D eigenvalue weighted by Gasteiger charge is 2.12. The van der Waals surface area contributed by atoms with Crippen molar-refractivity contribution in [2.75, 3.05) is 6.61 Å². The van der Waals surface area contributed by atoms with Gasteiger partial charge in [-0.05, 0) is 31.2 Å². The van der Waals surface area contributed by atoms with Crippen LogP contribution < -0.4 is 4.74 Å². The van der Waals surface area contributed by atoms with Gasteiger partial charge in [-0.15, -0.1) is 0 Å². The second-order valence-electron chi connectivity index (χ2n) is 5.60. The van der Waals surface area contributed by atoms with Crippen LogP contribution in [0.15, 0.2) is 77.8 Å². The Labute approximate surface area is 152 Å². The Bertz CT molecular complexity index is 933. The minimum absolute atomic E-state index is 0.0324. The molecule has 0 heterocycles. The van der Waals surface area contributed by atoms with E-state index in [0.717, 1.165) is 0 Å². The largest absolute Gasteiger partial charge is 0.504 e. The first-order valence-corrected chi connectivity index (χ1v) is 8.38. The Morgan fingerprint density at radius 2 is 1.73 bits per heavy atom. The van der Waals surface area contributed by atoms with Crippen molar-refractivity contribution >= 4 is 17.7 Å². The van der Waals surface area contributed by atoms with Gasteiger partial charge in [0, 0.05) is 22.9 Å². The van der Waals surface area contributed by atoms with Crippen molar-refractivity contribution in [3.63, 3.8) is 0 Å². The minimum Gasteiger partial charge on any atom is -0.504 e. The fourth-order valence-electron chi connectivity index (χ4n) is 2.58.